The molecule has 0 fully saturated rings. The van der Waals surface area contributed by atoms with Crippen LogP contribution in [-0.2, 0) is 10.8 Å². The van der Waals surface area contributed by atoms with E-state index < -0.39 is 0 Å². The first kappa shape index (κ1) is 20.1. The monoisotopic (exact) mass is 411 g/mol. The Bertz CT molecular complexity index is 1250. The predicted molar refractivity (Wildman–Crippen MR) is 132 cm³/mol. The van der Waals surface area contributed by atoms with Gasteiger partial charge in [-0.15, -0.1) is 0 Å². The van der Waals surface area contributed by atoms with Gasteiger partial charge >= 0.3 is 0 Å². The van der Waals surface area contributed by atoms with E-state index in [-0.39, 0.29) is 10.8 Å². The van der Waals surface area contributed by atoms with Crippen molar-refractivity contribution in [3.63, 3.8) is 0 Å². The van der Waals surface area contributed by atoms with Gasteiger partial charge in [0.2, 0.25) is 0 Å². The molecule has 0 saturated heterocycles. The summed E-state index contributed by atoms with van der Waals surface area (Å²) >= 11 is 0. The molecule has 1 aliphatic carbocycles. The summed E-state index contributed by atoms with van der Waals surface area (Å²) in [5.41, 5.74) is 10.3. The number of fused-ring (bicyclic) bond motifs is 4. The van der Waals surface area contributed by atoms with Crippen LogP contribution in [0, 0.1) is 13.8 Å². The zero-order valence-electron chi connectivity index (χ0n) is 20.0. The van der Waals surface area contributed by atoms with Crippen molar-refractivity contribution < 1.29 is 0 Å². The van der Waals surface area contributed by atoms with Crippen molar-refractivity contribution in [1.82, 2.24) is 9.88 Å². The number of pyridine rings is 1. The first-order chi connectivity index (χ1) is 14.5. The first-order valence-electron chi connectivity index (χ1n) is 11.3. The number of hydrogen-bond acceptors (Lipinski definition) is 3. The number of nitrogens with zero attached hydrogens (tertiary/aromatic N) is 3. The summed E-state index contributed by atoms with van der Waals surface area (Å²) in [5, 5.41) is 1.22. The zero-order chi connectivity index (χ0) is 22.3. The third-order valence-electron chi connectivity index (χ3n) is 8.24. The molecule has 2 aromatic carbocycles. The Labute approximate surface area is 186 Å². The fourth-order valence-electron chi connectivity index (χ4n) is 5.30. The van der Waals surface area contributed by atoms with Crippen molar-refractivity contribution >= 4 is 16.6 Å². The van der Waals surface area contributed by atoms with E-state index in [1.165, 1.54) is 38.9 Å². The van der Waals surface area contributed by atoms with E-state index in [4.69, 9.17) is 4.98 Å². The van der Waals surface area contributed by atoms with Gasteiger partial charge in [0.15, 0.2) is 0 Å². The van der Waals surface area contributed by atoms with Crippen molar-refractivity contribution in [2.45, 2.75) is 65.5 Å². The molecule has 0 saturated carbocycles. The molecule has 0 bridgehead atoms. The number of aromatic nitrogens is 1. The van der Waals surface area contributed by atoms with Crippen LogP contribution in [0.4, 0.5) is 5.69 Å². The average Bonchev–Trinajstić information content (AvgIpc) is 3.04. The Hall–Kier alpha value is -2.81. The molecule has 3 nitrogen and oxygen atoms in total. The van der Waals surface area contributed by atoms with E-state index in [1.54, 1.807) is 0 Å². The van der Waals surface area contributed by atoms with Gasteiger partial charge in [0.1, 0.15) is 6.17 Å². The lowest BCUT2D eigenvalue weighted by molar-refractivity contribution is 0.299. The first-order valence-corrected chi connectivity index (χ1v) is 11.3. The lowest BCUT2D eigenvalue weighted by atomic mass is 9.55. The van der Waals surface area contributed by atoms with Crippen LogP contribution < -0.4 is 4.90 Å². The van der Waals surface area contributed by atoms with Gasteiger partial charge in [-0.05, 0) is 83.7 Å². The summed E-state index contributed by atoms with van der Waals surface area (Å²) in [7, 11) is 2.13. The number of benzene rings is 2. The van der Waals surface area contributed by atoms with E-state index in [2.05, 4.69) is 114 Å². The van der Waals surface area contributed by atoms with Gasteiger partial charge in [0.25, 0.3) is 0 Å². The fourth-order valence-corrected chi connectivity index (χ4v) is 5.30. The highest BCUT2D eigenvalue weighted by atomic mass is 15.4. The Kier molecular flexibility index (Phi) is 4.12. The molecule has 31 heavy (non-hydrogen) atoms. The Morgan fingerprint density at radius 2 is 1.48 bits per heavy atom. The van der Waals surface area contributed by atoms with E-state index >= 15 is 0 Å². The molecule has 0 N–H and O–H groups in total. The third kappa shape index (κ3) is 2.68. The fraction of sp³-hybridized carbons (Fsp3) is 0.393. The molecule has 0 unspecified atom stereocenters. The van der Waals surface area contributed by atoms with Crippen LogP contribution in [0.25, 0.3) is 22.0 Å². The molecule has 0 radical (unpaired) electrons. The van der Waals surface area contributed by atoms with Crippen LogP contribution in [0.1, 0.15) is 57.0 Å². The predicted octanol–water partition coefficient (Wildman–Crippen LogP) is 6.66. The lowest BCUT2D eigenvalue weighted by Crippen LogP contribution is -2.43. The minimum atomic E-state index is 0.00340. The largest absolute Gasteiger partial charge is 0.359 e. The molecule has 2 aliphatic rings. The summed E-state index contributed by atoms with van der Waals surface area (Å²) in [6, 6.07) is 13.9. The quantitative estimate of drug-likeness (QED) is 0.446. The second-order valence-corrected chi connectivity index (χ2v) is 10.5. The second kappa shape index (κ2) is 6.35. The van der Waals surface area contributed by atoms with Crippen molar-refractivity contribution in [2.75, 3.05) is 11.9 Å². The molecule has 3 heteroatoms. The summed E-state index contributed by atoms with van der Waals surface area (Å²) in [6.45, 7) is 16.2. The highest BCUT2D eigenvalue weighted by Crippen LogP contribution is 2.55. The van der Waals surface area contributed by atoms with E-state index in [9.17, 15) is 0 Å². The standard InChI is InChI=1S/C28H33N3/c1-17-13-23-22(16-26(17)31-12-11-30(8)19(31)3)21-15-25-20(10-9-18(2)29-25)14-24(21)28(6,7)27(23,4)5/h9-16,19H,1-8H3/t19-/m0/s1. The van der Waals surface area contributed by atoms with Crippen molar-refractivity contribution in [3.05, 3.63) is 71.2 Å². The summed E-state index contributed by atoms with van der Waals surface area (Å²) < 4.78 is 0. The smallest absolute Gasteiger partial charge is 0.102 e. The lowest BCUT2D eigenvalue weighted by Gasteiger charge is -2.49. The van der Waals surface area contributed by atoms with Crippen LogP contribution in [0.5, 0.6) is 0 Å². The van der Waals surface area contributed by atoms with E-state index in [0.717, 1.165) is 11.2 Å². The Balaban J connectivity index is 1.82. The third-order valence-corrected chi connectivity index (χ3v) is 8.24. The minimum Gasteiger partial charge on any atom is -0.359 e. The molecule has 0 amide bonds. The van der Waals surface area contributed by atoms with Crippen molar-refractivity contribution in [2.24, 2.45) is 0 Å². The molecule has 1 aliphatic heterocycles. The molecular weight excluding hydrogens is 378 g/mol. The van der Waals surface area contributed by atoms with Gasteiger partial charge in [-0.25, -0.2) is 0 Å². The topological polar surface area (TPSA) is 19.4 Å². The van der Waals surface area contributed by atoms with Crippen LogP contribution in [0.15, 0.2) is 48.8 Å². The molecular formula is C28H33N3. The van der Waals surface area contributed by atoms with Gasteiger partial charge in [0, 0.05) is 36.2 Å². The molecule has 3 aromatic rings. The average molecular weight is 412 g/mol. The van der Waals surface area contributed by atoms with Crippen LogP contribution in [0.2, 0.25) is 0 Å². The molecule has 2 heterocycles. The SMILES string of the molecule is Cc1ccc2cc3c(cc2n1)-c1cc(N2C=CN(C)[C@@H]2C)c(C)cc1C(C)(C)C3(C)C. The van der Waals surface area contributed by atoms with Crippen molar-refractivity contribution in [3.8, 4) is 11.1 Å². The minimum absolute atomic E-state index is 0.00340. The Morgan fingerprint density at radius 3 is 2.13 bits per heavy atom. The molecule has 0 spiro atoms. The van der Waals surface area contributed by atoms with Crippen LogP contribution in [0.3, 0.4) is 0 Å². The summed E-state index contributed by atoms with van der Waals surface area (Å²) in [4.78, 5) is 9.48. The number of hydrogen-bond donors (Lipinski definition) is 0. The van der Waals surface area contributed by atoms with Gasteiger partial charge in [-0.1, -0.05) is 39.8 Å². The van der Waals surface area contributed by atoms with Gasteiger partial charge in [-0.3, -0.25) is 4.98 Å². The van der Waals surface area contributed by atoms with Crippen LogP contribution in [-0.4, -0.2) is 23.1 Å². The van der Waals surface area contributed by atoms with Gasteiger partial charge in [-0.2, -0.15) is 0 Å². The second-order valence-electron chi connectivity index (χ2n) is 10.5. The highest BCUT2D eigenvalue weighted by molar-refractivity contribution is 5.91. The maximum Gasteiger partial charge on any atom is 0.102 e. The summed E-state index contributed by atoms with van der Waals surface area (Å²) in [5.74, 6) is 0. The summed E-state index contributed by atoms with van der Waals surface area (Å²) in [6.07, 6.45) is 4.67. The maximum absolute atomic E-state index is 4.85. The van der Waals surface area contributed by atoms with Crippen molar-refractivity contribution in [1.29, 1.82) is 0 Å². The maximum atomic E-state index is 4.85. The number of anilines is 1. The van der Waals surface area contributed by atoms with E-state index in [1.807, 2.05) is 0 Å². The number of aryl methyl sites for hydroxylation is 2. The van der Waals surface area contributed by atoms with Gasteiger partial charge < -0.3 is 9.80 Å². The molecule has 1 atom stereocenters. The molecule has 5 rings (SSSR count). The molecule has 1 aromatic heterocycles. The van der Waals surface area contributed by atoms with E-state index in [0.29, 0.717) is 6.17 Å². The highest BCUT2D eigenvalue weighted by Gasteiger charge is 2.46. The number of rotatable bonds is 1. The Morgan fingerprint density at radius 1 is 0.839 bits per heavy atom. The normalized spacial score (nSPS) is 20.8. The van der Waals surface area contributed by atoms with Gasteiger partial charge in [0.05, 0.1) is 5.52 Å². The zero-order valence-corrected chi connectivity index (χ0v) is 20.0. The van der Waals surface area contributed by atoms with Crippen LogP contribution >= 0.6 is 0 Å². The molecule has 160 valence electrons.